The first-order valence-corrected chi connectivity index (χ1v) is 19.7. The van der Waals surface area contributed by atoms with Gasteiger partial charge in [0, 0.05) is 64.0 Å². The molecule has 0 aliphatic heterocycles. The smallest absolute Gasteiger partial charge is 0.164 e. The number of rotatable bonds is 5. The van der Waals surface area contributed by atoms with Crippen LogP contribution in [0.5, 0.6) is 0 Å². The third-order valence-electron chi connectivity index (χ3n) is 10.9. The maximum absolute atomic E-state index is 6.70. The SMILES string of the molecule is c1ccc(-c2nc(-c3ccccc3)nc(-c3ccc4c(c3)oc3cccc(-c5cc(-c6ccc7sc8ccccc8c7c6)cc6c5oc5ccccc56)c34)n2)cc1. The molecule has 0 saturated carbocycles. The number of hydrogen-bond acceptors (Lipinski definition) is 6. The number of nitrogens with zero attached hydrogens (tertiary/aromatic N) is 3. The summed E-state index contributed by atoms with van der Waals surface area (Å²) in [5.74, 6) is 1.82. The predicted molar refractivity (Wildman–Crippen MR) is 234 cm³/mol. The highest BCUT2D eigenvalue weighted by Gasteiger charge is 2.21. The van der Waals surface area contributed by atoms with Crippen LogP contribution in [0.15, 0.2) is 185 Å². The summed E-state index contributed by atoms with van der Waals surface area (Å²) in [4.78, 5) is 14.8. The van der Waals surface area contributed by atoms with Crippen LogP contribution in [-0.4, -0.2) is 15.0 Å². The monoisotopic (exact) mass is 747 g/mol. The molecule has 5 nitrogen and oxygen atoms in total. The Bertz CT molecular complexity index is 3470. The highest BCUT2D eigenvalue weighted by molar-refractivity contribution is 7.25. The Morgan fingerprint density at radius 1 is 0.333 bits per heavy atom. The van der Waals surface area contributed by atoms with Crippen molar-refractivity contribution < 1.29 is 8.83 Å². The van der Waals surface area contributed by atoms with Crippen LogP contribution in [0, 0.1) is 0 Å². The van der Waals surface area contributed by atoms with Crippen molar-refractivity contribution in [2.75, 3.05) is 0 Å². The summed E-state index contributed by atoms with van der Waals surface area (Å²) in [6, 6.07) is 61.0. The zero-order valence-electron chi connectivity index (χ0n) is 30.3. The highest BCUT2D eigenvalue weighted by atomic mass is 32.1. The molecule has 0 unspecified atom stereocenters. The third kappa shape index (κ3) is 5.19. The Labute approximate surface area is 330 Å². The second-order valence-electron chi connectivity index (χ2n) is 14.3. The molecule has 57 heavy (non-hydrogen) atoms. The van der Waals surface area contributed by atoms with Crippen LogP contribution in [0.4, 0.5) is 0 Å². The van der Waals surface area contributed by atoms with Crippen LogP contribution in [0.25, 0.3) is 120 Å². The van der Waals surface area contributed by atoms with Crippen LogP contribution >= 0.6 is 11.3 Å². The fraction of sp³-hybridized carbons (Fsp3) is 0. The lowest BCUT2D eigenvalue weighted by Gasteiger charge is -2.10. The molecule has 0 spiro atoms. The van der Waals surface area contributed by atoms with Crippen molar-refractivity contribution in [3.05, 3.63) is 176 Å². The summed E-state index contributed by atoms with van der Waals surface area (Å²) < 4.78 is 16.0. The molecule has 266 valence electrons. The van der Waals surface area contributed by atoms with Gasteiger partial charge < -0.3 is 8.83 Å². The Hall–Kier alpha value is -7.41. The normalized spacial score (nSPS) is 11.9. The van der Waals surface area contributed by atoms with Crippen LogP contribution in [-0.2, 0) is 0 Å². The van der Waals surface area contributed by atoms with Gasteiger partial charge in [-0.1, -0.05) is 121 Å². The van der Waals surface area contributed by atoms with E-state index < -0.39 is 0 Å². The summed E-state index contributed by atoms with van der Waals surface area (Å²) in [6.07, 6.45) is 0. The number of thiophene rings is 1. The summed E-state index contributed by atoms with van der Waals surface area (Å²) in [7, 11) is 0. The van der Waals surface area contributed by atoms with Gasteiger partial charge in [0.2, 0.25) is 0 Å². The lowest BCUT2D eigenvalue weighted by Crippen LogP contribution is -2.00. The minimum absolute atomic E-state index is 0.581. The molecule has 0 fully saturated rings. The zero-order chi connectivity index (χ0) is 37.5. The van der Waals surface area contributed by atoms with Gasteiger partial charge in [-0.25, -0.2) is 15.0 Å². The van der Waals surface area contributed by atoms with Gasteiger partial charge in [0.25, 0.3) is 0 Å². The van der Waals surface area contributed by atoms with Crippen molar-refractivity contribution in [1.29, 1.82) is 0 Å². The summed E-state index contributed by atoms with van der Waals surface area (Å²) in [5, 5.41) is 6.77. The number of benzene rings is 8. The van der Waals surface area contributed by atoms with Crippen molar-refractivity contribution in [2.24, 2.45) is 0 Å². The third-order valence-corrected chi connectivity index (χ3v) is 12.1. The zero-order valence-corrected chi connectivity index (χ0v) is 31.1. The maximum atomic E-state index is 6.70. The van der Waals surface area contributed by atoms with E-state index in [-0.39, 0.29) is 0 Å². The number of fused-ring (bicyclic) bond motifs is 9. The molecule has 4 aromatic heterocycles. The summed E-state index contributed by atoms with van der Waals surface area (Å²) >= 11 is 1.84. The van der Waals surface area contributed by atoms with Gasteiger partial charge in [-0.05, 0) is 71.3 Å². The number of para-hydroxylation sites is 1. The largest absolute Gasteiger partial charge is 0.456 e. The van der Waals surface area contributed by atoms with Gasteiger partial charge in [-0.2, -0.15) is 0 Å². The molecule has 0 N–H and O–H groups in total. The average molecular weight is 748 g/mol. The van der Waals surface area contributed by atoms with E-state index in [9.17, 15) is 0 Å². The Morgan fingerprint density at radius 3 is 1.75 bits per heavy atom. The van der Waals surface area contributed by atoms with Crippen molar-refractivity contribution in [2.45, 2.75) is 0 Å². The van der Waals surface area contributed by atoms with E-state index in [4.69, 9.17) is 23.8 Å². The van der Waals surface area contributed by atoms with E-state index in [1.165, 1.54) is 20.2 Å². The van der Waals surface area contributed by atoms with E-state index >= 15 is 0 Å². The molecule has 0 aliphatic rings. The second kappa shape index (κ2) is 12.6. The van der Waals surface area contributed by atoms with Crippen molar-refractivity contribution in [1.82, 2.24) is 15.0 Å². The van der Waals surface area contributed by atoms with E-state index in [1.807, 2.05) is 96.3 Å². The lowest BCUT2D eigenvalue weighted by atomic mass is 9.93. The molecule has 0 atom stereocenters. The van der Waals surface area contributed by atoms with Crippen LogP contribution < -0.4 is 0 Å². The summed E-state index contributed by atoms with van der Waals surface area (Å²) in [5.41, 5.74) is 10.3. The minimum atomic E-state index is 0.581. The van der Waals surface area contributed by atoms with Gasteiger partial charge in [0.1, 0.15) is 22.3 Å². The molecule has 0 bridgehead atoms. The Kier molecular flexibility index (Phi) is 7.03. The topological polar surface area (TPSA) is 65.0 Å². The molecular formula is C51H29N3O2S. The summed E-state index contributed by atoms with van der Waals surface area (Å²) in [6.45, 7) is 0. The van der Waals surface area contributed by atoms with Crippen molar-refractivity contribution in [3.63, 3.8) is 0 Å². The van der Waals surface area contributed by atoms with Gasteiger partial charge in [0.15, 0.2) is 17.5 Å². The molecule has 0 amide bonds. The Morgan fingerprint density at radius 2 is 0.965 bits per heavy atom. The van der Waals surface area contributed by atoms with Gasteiger partial charge in [0.05, 0.1) is 0 Å². The van der Waals surface area contributed by atoms with Crippen molar-refractivity contribution in [3.8, 4) is 56.4 Å². The van der Waals surface area contributed by atoms with Crippen LogP contribution in [0.2, 0.25) is 0 Å². The quantitative estimate of drug-likeness (QED) is 0.175. The van der Waals surface area contributed by atoms with Crippen LogP contribution in [0.1, 0.15) is 0 Å². The molecular weight excluding hydrogens is 719 g/mol. The first kappa shape index (κ1) is 31.9. The molecule has 8 aromatic carbocycles. The van der Waals surface area contributed by atoms with Gasteiger partial charge in [-0.3, -0.25) is 0 Å². The fourth-order valence-corrected chi connectivity index (χ4v) is 9.31. The standard InChI is InChI=1S/C51H29N3O2S/c1-3-12-30(13-4-1)49-52-50(31-14-5-2-6-15-31)54-51(53-49)33-22-24-38-44(29-33)55-43-20-11-18-37(47(38)43)41-28-34(27-40-35-16-7-9-19-42(35)56-48(40)41)32-23-25-46-39(26-32)36-17-8-10-21-45(36)57-46/h1-29H. The number of hydrogen-bond donors (Lipinski definition) is 0. The molecule has 12 rings (SSSR count). The van der Waals surface area contributed by atoms with E-state index in [0.717, 1.165) is 82.8 Å². The number of furan rings is 2. The second-order valence-corrected chi connectivity index (χ2v) is 15.4. The number of aromatic nitrogens is 3. The average Bonchev–Trinajstić information content (AvgIpc) is 3.97. The molecule has 6 heteroatoms. The first-order chi connectivity index (χ1) is 28.2. The van der Waals surface area contributed by atoms with Gasteiger partial charge in [-0.15, -0.1) is 11.3 Å². The first-order valence-electron chi connectivity index (χ1n) is 18.9. The maximum Gasteiger partial charge on any atom is 0.164 e. The minimum Gasteiger partial charge on any atom is -0.456 e. The molecule has 12 aromatic rings. The van der Waals surface area contributed by atoms with E-state index in [2.05, 4.69) is 91.0 Å². The van der Waals surface area contributed by atoms with E-state index in [1.54, 1.807) is 0 Å². The lowest BCUT2D eigenvalue weighted by molar-refractivity contribution is 0.669. The molecule has 0 saturated heterocycles. The fourth-order valence-electron chi connectivity index (χ4n) is 8.23. The molecule has 0 aliphatic carbocycles. The molecule has 4 heterocycles. The van der Waals surface area contributed by atoms with Crippen molar-refractivity contribution >= 4 is 75.4 Å². The predicted octanol–water partition coefficient (Wildman–Crippen LogP) is 14.4. The molecule has 0 radical (unpaired) electrons. The van der Waals surface area contributed by atoms with Gasteiger partial charge >= 0.3 is 0 Å². The van der Waals surface area contributed by atoms with E-state index in [0.29, 0.717) is 17.5 Å². The van der Waals surface area contributed by atoms with Crippen LogP contribution in [0.3, 0.4) is 0 Å². The Balaban J connectivity index is 1.05. The highest BCUT2D eigenvalue weighted by Crippen LogP contribution is 2.45.